The van der Waals surface area contributed by atoms with Crippen LogP contribution in [-0.2, 0) is 11.3 Å². The zero-order chi connectivity index (χ0) is 14.4. The highest BCUT2D eigenvalue weighted by atomic mass is 16.2. The Hall–Kier alpha value is -1.98. The molecule has 0 saturated carbocycles. The fourth-order valence-corrected chi connectivity index (χ4v) is 2.53. The molecule has 1 aliphatic rings. The molecule has 0 spiro atoms. The van der Waals surface area contributed by atoms with E-state index in [2.05, 4.69) is 9.88 Å². The summed E-state index contributed by atoms with van der Waals surface area (Å²) in [6.45, 7) is 2.65. The van der Waals surface area contributed by atoms with E-state index in [0.717, 1.165) is 25.8 Å². The normalized spacial score (nSPS) is 18.8. The fraction of sp³-hybridized carbons (Fsp3) is 0.571. The number of likely N-dealkylation sites (tertiary alicyclic amines) is 1. The van der Waals surface area contributed by atoms with Gasteiger partial charge in [0.1, 0.15) is 0 Å². The number of hydrogen-bond acceptors (Lipinski definition) is 2. The lowest BCUT2D eigenvalue weighted by atomic mass is 9.97. The Morgan fingerprint density at radius 1 is 1.30 bits per heavy atom. The van der Waals surface area contributed by atoms with Gasteiger partial charge >= 0.3 is 6.03 Å². The molecule has 1 aliphatic heterocycles. The fourth-order valence-electron chi connectivity index (χ4n) is 2.53. The van der Waals surface area contributed by atoms with Crippen molar-refractivity contribution in [2.24, 2.45) is 11.7 Å². The first-order valence-corrected chi connectivity index (χ1v) is 7.09. The molecule has 1 atom stereocenters. The maximum atomic E-state index is 12.0. The molecule has 0 bridgehead atoms. The number of urea groups is 1. The van der Waals surface area contributed by atoms with Crippen LogP contribution in [0, 0.1) is 5.92 Å². The van der Waals surface area contributed by atoms with Gasteiger partial charge in [-0.3, -0.25) is 4.79 Å². The number of aromatic nitrogens is 1. The number of rotatable bonds is 5. The average Bonchev–Trinajstić information content (AvgIpc) is 2.96. The van der Waals surface area contributed by atoms with Crippen LogP contribution in [0.2, 0.25) is 0 Å². The number of primary amides is 1. The molecule has 1 aromatic rings. The molecular formula is C14H22N4O2. The number of carbonyl (C=O) groups excluding carboxylic acids is 2. The van der Waals surface area contributed by atoms with E-state index < -0.39 is 6.03 Å². The van der Waals surface area contributed by atoms with E-state index in [4.69, 9.17) is 5.73 Å². The Bertz CT molecular complexity index is 444. The van der Waals surface area contributed by atoms with Gasteiger partial charge in [-0.25, -0.2) is 4.79 Å². The maximum absolute atomic E-state index is 12.0. The standard InChI is InChI=1S/C14H22N4O2/c15-14(20)18-10-3-5-12(11-18)13(19)16-6-4-9-17-7-1-2-8-17/h1-2,7-8,12H,3-6,9-11H2,(H2,15,20)(H,16,19). The predicted molar refractivity (Wildman–Crippen MR) is 75.9 cm³/mol. The molecule has 3 amide bonds. The molecule has 2 heterocycles. The Morgan fingerprint density at radius 3 is 2.75 bits per heavy atom. The summed E-state index contributed by atoms with van der Waals surface area (Å²) in [4.78, 5) is 24.7. The summed E-state index contributed by atoms with van der Waals surface area (Å²) >= 11 is 0. The summed E-state index contributed by atoms with van der Waals surface area (Å²) in [5.41, 5.74) is 5.26. The molecule has 6 nitrogen and oxygen atoms in total. The molecule has 20 heavy (non-hydrogen) atoms. The lowest BCUT2D eigenvalue weighted by Crippen LogP contribution is -2.47. The van der Waals surface area contributed by atoms with Crippen LogP contribution in [-0.4, -0.2) is 41.0 Å². The first kappa shape index (κ1) is 14.4. The summed E-state index contributed by atoms with van der Waals surface area (Å²) in [6.07, 6.45) is 6.58. The number of aryl methyl sites for hydroxylation is 1. The van der Waals surface area contributed by atoms with Crippen molar-refractivity contribution in [1.29, 1.82) is 0 Å². The first-order valence-electron chi connectivity index (χ1n) is 7.09. The average molecular weight is 278 g/mol. The number of hydrogen-bond donors (Lipinski definition) is 2. The van der Waals surface area contributed by atoms with Crippen LogP contribution >= 0.6 is 0 Å². The number of carbonyl (C=O) groups is 2. The number of nitrogens with zero attached hydrogens (tertiary/aromatic N) is 2. The van der Waals surface area contributed by atoms with Crippen molar-refractivity contribution in [3.8, 4) is 0 Å². The molecule has 0 aliphatic carbocycles. The number of nitrogens with one attached hydrogen (secondary N) is 1. The van der Waals surface area contributed by atoms with Crippen molar-refractivity contribution in [3.05, 3.63) is 24.5 Å². The van der Waals surface area contributed by atoms with Gasteiger partial charge in [-0.1, -0.05) is 0 Å². The van der Waals surface area contributed by atoms with Gasteiger partial charge in [0.2, 0.25) is 5.91 Å². The Morgan fingerprint density at radius 2 is 2.05 bits per heavy atom. The maximum Gasteiger partial charge on any atom is 0.314 e. The van der Waals surface area contributed by atoms with Gasteiger partial charge in [0.05, 0.1) is 5.92 Å². The van der Waals surface area contributed by atoms with E-state index >= 15 is 0 Å². The smallest absolute Gasteiger partial charge is 0.314 e. The van der Waals surface area contributed by atoms with E-state index in [0.29, 0.717) is 19.6 Å². The highest BCUT2D eigenvalue weighted by Crippen LogP contribution is 2.16. The van der Waals surface area contributed by atoms with E-state index in [1.807, 2.05) is 24.5 Å². The molecule has 1 unspecified atom stereocenters. The molecule has 0 aromatic carbocycles. The molecule has 3 N–H and O–H groups in total. The summed E-state index contributed by atoms with van der Waals surface area (Å²) in [6, 6.07) is 3.54. The first-order chi connectivity index (χ1) is 9.66. The highest BCUT2D eigenvalue weighted by molar-refractivity contribution is 5.80. The Labute approximate surface area is 118 Å². The van der Waals surface area contributed by atoms with Crippen molar-refractivity contribution in [2.75, 3.05) is 19.6 Å². The van der Waals surface area contributed by atoms with Crippen LogP contribution in [0.25, 0.3) is 0 Å². The van der Waals surface area contributed by atoms with Gasteiger partial charge < -0.3 is 20.5 Å². The van der Waals surface area contributed by atoms with Crippen LogP contribution in [0.3, 0.4) is 0 Å². The van der Waals surface area contributed by atoms with Crippen molar-refractivity contribution in [3.63, 3.8) is 0 Å². The SMILES string of the molecule is NC(=O)N1CCCC(C(=O)NCCCn2cccc2)C1. The second kappa shape index (κ2) is 6.98. The topological polar surface area (TPSA) is 80.4 Å². The van der Waals surface area contributed by atoms with Gasteiger partial charge in [0, 0.05) is 38.6 Å². The second-order valence-electron chi connectivity index (χ2n) is 5.19. The van der Waals surface area contributed by atoms with Crippen LogP contribution < -0.4 is 11.1 Å². The zero-order valence-electron chi connectivity index (χ0n) is 11.6. The summed E-state index contributed by atoms with van der Waals surface area (Å²) in [7, 11) is 0. The monoisotopic (exact) mass is 278 g/mol. The van der Waals surface area contributed by atoms with Crippen LogP contribution in [0.5, 0.6) is 0 Å². The lowest BCUT2D eigenvalue weighted by molar-refractivity contribution is -0.126. The van der Waals surface area contributed by atoms with Crippen molar-refractivity contribution < 1.29 is 9.59 Å². The second-order valence-corrected chi connectivity index (χ2v) is 5.19. The molecule has 110 valence electrons. The summed E-state index contributed by atoms with van der Waals surface area (Å²) < 4.78 is 2.08. The molecular weight excluding hydrogens is 256 g/mol. The van der Waals surface area contributed by atoms with Gasteiger partial charge in [-0.2, -0.15) is 0 Å². The molecule has 1 fully saturated rings. The third kappa shape index (κ3) is 4.01. The third-order valence-electron chi connectivity index (χ3n) is 3.66. The van der Waals surface area contributed by atoms with Crippen molar-refractivity contribution in [1.82, 2.24) is 14.8 Å². The summed E-state index contributed by atoms with van der Waals surface area (Å²) in [5, 5.41) is 2.94. The highest BCUT2D eigenvalue weighted by Gasteiger charge is 2.26. The van der Waals surface area contributed by atoms with Crippen molar-refractivity contribution in [2.45, 2.75) is 25.8 Å². The zero-order valence-corrected chi connectivity index (χ0v) is 11.6. The quantitative estimate of drug-likeness (QED) is 0.781. The van der Waals surface area contributed by atoms with Crippen LogP contribution in [0.4, 0.5) is 4.79 Å². The van der Waals surface area contributed by atoms with Gasteiger partial charge in [0.25, 0.3) is 0 Å². The minimum absolute atomic E-state index is 0.0310. The van der Waals surface area contributed by atoms with Crippen molar-refractivity contribution >= 4 is 11.9 Å². The van der Waals surface area contributed by atoms with Gasteiger partial charge in [-0.15, -0.1) is 0 Å². The molecule has 6 heteroatoms. The van der Waals surface area contributed by atoms with E-state index in [9.17, 15) is 9.59 Å². The van der Waals surface area contributed by atoms with E-state index in [1.165, 1.54) is 0 Å². The number of nitrogens with two attached hydrogens (primary N) is 1. The van der Waals surface area contributed by atoms with Gasteiger partial charge in [0.15, 0.2) is 0 Å². The minimum Gasteiger partial charge on any atom is -0.356 e. The van der Waals surface area contributed by atoms with Crippen LogP contribution in [0.1, 0.15) is 19.3 Å². The molecule has 0 radical (unpaired) electrons. The van der Waals surface area contributed by atoms with Crippen LogP contribution in [0.15, 0.2) is 24.5 Å². The number of amides is 3. The van der Waals surface area contributed by atoms with E-state index in [-0.39, 0.29) is 11.8 Å². The minimum atomic E-state index is -0.435. The molecule has 1 aromatic heterocycles. The Balaban J connectivity index is 1.67. The third-order valence-corrected chi connectivity index (χ3v) is 3.66. The Kier molecular flexibility index (Phi) is 5.03. The largest absolute Gasteiger partial charge is 0.356 e. The number of piperidine rings is 1. The molecule has 2 rings (SSSR count). The summed E-state index contributed by atoms with van der Waals surface area (Å²) in [5.74, 6) is -0.0914. The molecule has 1 saturated heterocycles. The van der Waals surface area contributed by atoms with Gasteiger partial charge in [-0.05, 0) is 31.4 Å². The lowest BCUT2D eigenvalue weighted by Gasteiger charge is -2.30. The predicted octanol–water partition coefficient (Wildman–Crippen LogP) is 0.785. The van der Waals surface area contributed by atoms with E-state index in [1.54, 1.807) is 4.90 Å².